The number of nitrogens with zero attached hydrogens (tertiary/aromatic N) is 1. The molecule has 1 atom stereocenters. The highest BCUT2D eigenvalue weighted by atomic mass is 35.5. The second-order valence-electron chi connectivity index (χ2n) is 6.91. The predicted molar refractivity (Wildman–Crippen MR) is 104 cm³/mol. The molecule has 0 spiro atoms. The zero-order valence-corrected chi connectivity index (χ0v) is 15.8. The van der Waals surface area contributed by atoms with E-state index in [1.807, 2.05) is 12.1 Å². The van der Waals surface area contributed by atoms with Crippen LogP contribution < -0.4 is 4.74 Å². The van der Waals surface area contributed by atoms with Gasteiger partial charge in [0.2, 0.25) is 0 Å². The number of halogens is 2. The van der Waals surface area contributed by atoms with Gasteiger partial charge in [0.15, 0.2) is 5.72 Å². The van der Waals surface area contributed by atoms with Crippen molar-refractivity contribution in [2.75, 3.05) is 7.05 Å². The number of hydrogen-bond donors (Lipinski definition) is 0. The second-order valence-corrected chi connectivity index (χ2v) is 7.75. The Hall–Kier alpha value is -1.48. The number of benzene rings is 2. The molecule has 2 aromatic carbocycles. The number of likely N-dealkylation sites (N-methyl/N-ethyl adjacent to an activating group) is 1. The Kier molecular flexibility index (Phi) is 4.53. The van der Waals surface area contributed by atoms with Crippen LogP contribution in [0.5, 0.6) is 5.75 Å². The molecule has 0 radical (unpaired) electrons. The first kappa shape index (κ1) is 17.0. The van der Waals surface area contributed by atoms with Crippen LogP contribution in [0.15, 0.2) is 48.0 Å². The van der Waals surface area contributed by atoms with Crippen molar-refractivity contribution >= 4 is 29.3 Å². The second kappa shape index (κ2) is 6.68. The third kappa shape index (κ3) is 3.08. The quantitative estimate of drug-likeness (QED) is 0.637. The molecule has 1 saturated carbocycles. The van der Waals surface area contributed by atoms with Crippen LogP contribution in [0.3, 0.4) is 0 Å². The minimum Gasteiger partial charge on any atom is -0.466 e. The fraction of sp³-hybridized carbons (Fsp3) is 0.333. The summed E-state index contributed by atoms with van der Waals surface area (Å²) in [6.07, 6.45) is 6.59. The van der Waals surface area contributed by atoms with E-state index in [9.17, 15) is 0 Å². The molecule has 0 N–H and O–H groups in total. The lowest BCUT2D eigenvalue weighted by Gasteiger charge is -2.48. The van der Waals surface area contributed by atoms with Crippen LogP contribution in [0.25, 0.3) is 6.08 Å². The fourth-order valence-electron chi connectivity index (χ4n) is 3.99. The van der Waals surface area contributed by atoms with Gasteiger partial charge in [0.1, 0.15) is 5.75 Å². The molecule has 0 amide bonds. The molecule has 4 rings (SSSR count). The fourth-order valence-corrected chi connectivity index (χ4v) is 4.54. The molecule has 1 heterocycles. The number of ether oxygens (including phenoxy) is 1. The van der Waals surface area contributed by atoms with Gasteiger partial charge >= 0.3 is 0 Å². The summed E-state index contributed by atoms with van der Waals surface area (Å²) in [5.41, 5.74) is 3.17. The van der Waals surface area contributed by atoms with Crippen LogP contribution >= 0.6 is 23.2 Å². The lowest BCUT2D eigenvalue weighted by Crippen LogP contribution is -2.54. The summed E-state index contributed by atoms with van der Waals surface area (Å²) in [7, 11) is 2.14. The summed E-state index contributed by atoms with van der Waals surface area (Å²) >= 11 is 12.6. The van der Waals surface area contributed by atoms with E-state index >= 15 is 0 Å². The average Bonchev–Trinajstić information content (AvgIpc) is 2.61. The topological polar surface area (TPSA) is 12.5 Å². The highest BCUT2D eigenvalue weighted by molar-refractivity contribution is 6.36. The van der Waals surface area contributed by atoms with E-state index in [0.29, 0.717) is 10.0 Å². The molecule has 1 fully saturated rings. The van der Waals surface area contributed by atoms with Crippen LogP contribution in [0, 0.1) is 0 Å². The van der Waals surface area contributed by atoms with Gasteiger partial charge in [-0.1, -0.05) is 53.5 Å². The van der Waals surface area contributed by atoms with Crippen LogP contribution in [-0.2, 0) is 6.54 Å². The minimum atomic E-state index is -0.418. The van der Waals surface area contributed by atoms with Gasteiger partial charge in [-0.3, -0.25) is 4.90 Å². The molecular weight excluding hydrogens is 353 g/mol. The molecule has 130 valence electrons. The van der Waals surface area contributed by atoms with Crippen molar-refractivity contribution in [3.8, 4) is 5.75 Å². The van der Waals surface area contributed by atoms with E-state index in [0.717, 1.165) is 37.1 Å². The highest BCUT2D eigenvalue weighted by Crippen LogP contribution is 2.48. The van der Waals surface area contributed by atoms with Crippen molar-refractivity contribution < 1.29 is 4.74 Å². The molecule has 25 heavy (non-hydrogen) atoms. The number of hydrogen-bond acceptors (Lipinski definition) is 2. The van der Waals surface area contributed by atoms with Crippen molar-refractivity contribution in [1.29, 1.82) is 0 Å². The molecule has 1 aliphatic carbocycles. The number of fused-ring (bicyclic) bond motifs is 2. The highest BCUT2D eigenvalue weighted by Gasteiger charge is 2.45. The molecule has 2 aliphatic rings. The minimum absolute atomic E-state index is 0.418. The summed E-state index contributed by atoms with van der Waals surface area (Å²) in [6, 6.07) is 14.2. The smallest absolute Gasteiger partial charge is 0.186 e. The third-order valence-corrected chi connectivity index (χ3v) is 5.73. The normalized spacial score (nSPS) is 22.0. The van der Waals surface area contributed by atoms with E-state index in [4.69, 9.17) is 27.9 Å². The van der Waals surface area contributed by atoms with E-state index in [1.165, 1.54) is 17.6 Å². The van der Waals surface area contributed by atoms with Gasteiger partial charge in [0, 0.05) is 23.6 Å². The summed E-state index contributed by atoms with van der Waals surface area (Å²) in [6.45, 7) is 0.832. The van der Waals surface area contributed by atoms with E-state index in [-0.39, 0.29) is 0 Å². The molecule has 1 aliphatic heterocycles. The van der Waals surface area contributed by atoms with Gasteiger partial charge in [-0.05, 0) is 55.7 Å². The average molecular weight is 374 g/mol. The van der Waals surface area contributed by atoms with E-state index < -0.39 is 5.72 Å². The molecule has 1 unspecified atom stereocenters. The van der Waals surface area contributed by atoms with Gasteiger partial charge in [-0.2, -0.15) is 0 Å². The van der Waals surface area contributed by atoms with Gasteiger partial charge in [0.05, 0.1) is 5.02 Å². The van der Waals surface area contributed by atoms with Crippen LogP contribution in [0.2, 0.25) is 10.0 Å². The lowest BCUT2D eigenvalue weighted by molar-refractivity contribution is -0.0642. The first-order chi connectivity index (χ1) is 12.1. The zero-order valence-electron chi connectivity index (χ0n) is 14.3. The van der Waals surface area contributed by atoms with Crippen LogP contribution in [0.4, 0.5) is 0 Å². The van der Waals surface area contributed by atoms with Crippen molar-refractivity contribution in [3.05, 3.63) is 69.2 Å². The monoisotopic (exact) mass is 373 g/mol. The third-order valence-electron chi connectivity index (χ3n) is 5.23. The zero-order chi connectivity index (χ0) is 17.4. The van der Waals surface area contributed by atoms with Crippen molar-refractivity contribution in [2.45, 2.75) is 38.0 Å². The van der Waals surface area contributed by atoms with Gasteiger partial charge in [-0.15, -0.1) is 0 Å². The Morgan fingerprint density at radius 1 is 1.12 bits per heavy atom. The maximum absolute atomic E-state index is 6.61. The van der Waals surface area contributed by atoms with E-state index in [1.54, 1.807) is 6.07 Å². The Morgan fingerprint density at radius 2 is 1.92 bits per heavy atom. The first-order valence-corrected chi connectivity index (χ1v) is 9.48. The Balaban J connectivity index is 1.74. The van der Waals surface area contributed by atoms with Gasteiger partial charge < -0.3 is 4.74 Å². The first-order valence-electron chi connectivity index (χ1n) is 8.73. The van der Waals surface area contributed by atoms with Crippen molar-refractivity contribution in [1.82, 2.24) is 4.90 Å². The van der Waals surface area contributed by atoms with Gasteiger partial charge in [-0.25, -0.2) is 0 Å². The van der Waals surface area contributed by atoms with Crippen LogP contribution in [0.1, 0.15) is 36.8 Å². The maximum Gasteiger partial charge on any atom is 0.186 e. The largest absolute Gasteiger partial charge is 0.466 e. The predicted octanol–water partition coefficient (Wildman–Crippen LogP) is 6.17. The summed E-state index contributed by atoms with van der Waals surface area (Å²) in [5.74, 6) is 0.747. The van der Waals surface area contributed by atoms with Crippen molar-refractivity contribution in [2.24, 2.45) is 0 Å². The molecule has 2 nitrogen and oxygen atoms in total. The van der Waals surface area contributed by atoms with E-state index in [2.05, 4.69) is 42.3 Å². The molecule has 0 aromatic heterocycles. The van der Waals surface area contributed by atoms with Crippen molar-refractivity contribution in [3.63, 3.8) is 0 Å². The molecule has 4 heteroatoms. The Bertz CT molecular complexity index is 818. The number of rotatable bonds is 3. The van der Waals surface area contributed by atoms with Gasteiger partial charge in [0.25, 0.3) is 0 Å². The van der Waals surface area contributed by atoms with Crippen LogP contribution in [-0.4, -0.2) is 17.7 Å². The molecule has 0 saturated heterocycles. The summed E-state index contributed by atoms with van der Waals surface area (Å²) in [5, 5.41) is 1.22. The SMILES string of the molecule is CN(Cc1ccccc1)C12CCCCC1=Cc1cc(Cl)cc(Cl)c1O2. The molecule has 2 aromatic rings. The molecular formula is C21H21Cl2NO. The summed E-state index contributed by atoms with van der Waals surface area (Å²) < 4.78 is 6.61. The Morgan fingerprint density at radius 3 is 2.72 bits per heavy atom. The molecule has 0 bridgehead atoms. The Labute approximate surface area is 159 Å². The lowest BCUT2D eigenvalue weighted by atomic mass is 9.82. The maximum atomic E-state index is 6.61. The summed E-state index contributed by atoms with van der Waals surface area (Å²) in [4.78, 5) is 2.32. The standard InChI is InChI=1S/C21H21Cl2NO/c1-24(14-15-7-3-2-4-8-15)21-10-6-5-9-17(21)11-16-12-18(22)13-19(23)20(16)25-21/h2-4,7-8,11-13H,5-6,9-10,14H2,1H3.